The summed E-state index contributed by atoms with van der Waals surface area (Å²) in [5.74, 6) is 0.391. The van der Waals surface area contributed by atoms with Crippen molar-refractivity contribution < 1.29 is 14.2 Å². The van der Waals surface area contributed by atoms with Crippen LogP contribution in [0, 0.1) is 6.92 Å². The van der Waals surface area contributed by atoms with Crippen LogP contribution in [0.15, 0.2) is 12.1 Å². The Morgan fingerprint density at radius 2 is 2.31 bits per heavy atom. The van der Waals surface area contributed by atoms with E-state index >= 15 is 0 Å². The van der Waals surface area contributed by atoms with Gasteiger partial charge in [-0.1, -0.05) is 0 Å². The molecule has 0 aliphatic rings. The molecule has 1 heterocycles. The first-order valence-electron chi connectivity index (χ1n) is 3.94. The molecule has 13 heavy (non-hydrogen) atoms. The van der Waals surface area contributed by atoms with Gasteiger partial charge in [-0.15, -0.1) is 0 Å². The summed E-state index contributed by atoms with van der Waals surface area (Å²) in [6.07, 6.45) is -1.09. The SMILES string of the molecule is COc1cc(C(O)CF)cc(C)n1. The van der Waals surface area contributed by atoms with Crippen LogP contribution in [0.25, 0.3) is 0 Å². The summed E-state index contributed by atoms with van der Waals surface area (Å²) in [5.41, 5.74) is 1.19. The fourth-order valence-electron chi connectivity index (χ4n) is 1.05. The zero-order valence-electron chi connectivity index (χ0n) is 7.62. The van der Waals surface area contributed by atoms with Crippen LogP contribution >= 0.6 is 0 Å². The molecule has 0 fully saturated rings. The summed E-state index contributed by atoms with van der Waals surface area (Å²) < 4.78 is 17.0. The van der Waals surface area contributed by atoms with Crippen molar-refractivity contribution in [2.24, 2.45) is 0 Å². The molecule has 1 N–H and O–H groups in total. The van der Waals surface area contributed by atoms with Crippen LogP contribution in [0.2, 0.25) is 0 Å². The normalized spacial score (nSPS) is 12.6. The van der Waals surface area contributed by atoms with Crippen molar-refractivity contribution in [2.75, 3.05) is 13.8 Å². The molecule has 3 nitrogen and oxygen atoms in total. The fourth-order valence-corrected chi connectivity index (χ4v) is 1.05. The van der Waals surface area contributed by atoms with E-state index in [0.29, 0.717) is 17.1 Å². The van der Waals surface area contributed by atoms with Crippen molar-refractivity contribution in [3.05, 3.63) is 23.4 Å². The van der Waals surface area contributed by atoms with Crippen LogP contribution < -0.4 is 4.74 Å². The molecule has 4 heteroatoms. The molecule has 0 aliphatic carbocycles. The number of nitrogens with zero attached hydrogens (tertiary/aromatic N) is 1. The number of hydrogen-bond donors (Lipinski definition) is 1. The first-order chi connectivity index (χ1) is 6.17. The van der Waals surface area contributed by atoms with Gasteiger partial charge in [0.05, 0.1) is 7.11 Å². The van der Waals surface area contributed by atoms with Gasteiger partial charge >= 0.3 is 0 Å². The molecule has 0 aliphatic heterocycles. The summed E-state index contributed by atoms with van der Waals surface area (Å²) in [7, 11) is 1.48. The largest absolute Gasteiger partial charge is 0.481 e. The lowest BCUT2D eigenvalue weighted by atomic mass is 10.1. The number of hydrogen-bond acceptors (Lipinski definition) is 3. The van der Waals surface area contributed by atoms with E-state index in [1.165, 1.54) is 13.2 Å². The van der Waals surface area contributed by atoms with Gasteiger partial charge in [0.25, 0.3) is 0 Å². The van der Waals surface area contributed by atoms with E-state index in [0.717, 1.165) is 0 Å². The topological polar surface area (TPSA) is 42.4 Å². The fraction of sp³-hybridized carbons (Fsp3) is 0.444. The summed E-state index contributed by atoms with van der Waals surface area (Å²) in [5, 5.41) is 9.22. The van der Waals surface area contributed by atoms with Crippen LogP contribution in [-0.2, 0) is 0 Å². The Morgan fingerprint density at radius 3 is 2.85 bits per heavy atom. The molecule has 0 bridgehead atoms. The van der Waals surface area contributed by atoms with Crippen molar-refractivity contribution in [2.45, 2.75) is 13.0 Å². The first-order valence-corrected chi connectivity index (χ1v) is 3.94. The molecule has 0 aromatic carbocycles. The monoisotopic (exact) mass is 185 g/mol. The molecule has 0 spiro atoms. The van der Waals surface area contributed by atoms with E-state index in [4.69, 9.17) is 4.74 Å². The molecule has 1 unspecified atom stereocenters. The summed E-state index contributed by atoms with van der Waals surface area (Å²) in [6.45, 7) is 0.962. The third kappa shape index (κ3) is 2.39. The lowest BCUT2D eigenvalue weighted by molar-refractivity contribution is 0.141. The van der Waals surface area contributed by atoms with Gasteiger partial charge in [-0.2, -0.15) is 0 Å². The maximum absolute atomic E-state index is 12.1. The van der Waals surface area contributed by atoms with Gasteiger partial charge in [0.1, 0.15) is 12.8 Å². The first kappa shape index (κ1) is 9.92. The molecular formula is C9H12FNO2. The van der Waals surface area contributed by atoms with Gasteiger partial charge in [-0.25, -0.2) is 9.37 Å². The number of ether oxygens (including phenoxy) is 1. The Hall–Kier alpha value is -1.16. The minimum atomic E-state index is -1.09. The molecule has 0 amide bonds. The molecule has 0 saturated heterocycles. The number of aliphatic hydroxyl groups excluding tert-OH is 1. The zero-order chi connectivity index (χ0) is 9.84. The van der Waals surface area contributed by atoms with Crippen molar-refractivity contribution in [3.63, 3.8) is 0 Å². The maximum atomic E-state index is 12.1. The predicted molar refractivity (Wildman–Crippen MR) is 46.5 cm³/mol. The van der Waals surface area contributed by atoms with E-state index in [1.54, 1.807) is 13.0 Å². The number of rotatable bonds is 3. The number of pyridine rings is 1. The Balaban J connectivity index is 3.01. The second kappa shape index (κ2) is 4.18. The average Bonchev–Trinajstić information content (AvgIpc) is 2.15. The maximum Gasteiger partial charge on any atom is 0.213 e. The summed E-state index contributed by atoms with van der Waals surface area (Å²) in [4.78, 5) is 4.01. The van der Waals surface area contributed by atoms with E-state index in [2.05, 4.69) is 4.98 Å². The highest BCUT2D eigenvalue weighted by Crippen LogP contribution is 2.18. The third-order valence-corrected chi connectivity index (χ3v) is 1.69. The molecule has 1 rings (SSSR count). The quantitative estimate of drug-likeness (QED) is 0.774. The van der Waals surface area contributed by atoms with E-state index in [9.17, 15) is 9.50 Å². The number of aryl methyl sites for hydroxylation is 1. The average molecular weight is 185 g/mol. The lowest BCUT2D eigenvalue weighted by Gasteiger charge is -2.08. The Morgan fingerprint density at radius 1 is 1.62 bits per heavy atom. The molecule has 0 radical (unpaired) electrons. The molecule has 1 aromatic heterocycles. The van der Waals surface area contributed by atoms with E-state index in [-0.39, 0.29) is 0 Å². The Kier molecular flexibility index (Phi) is 3.19. The smallest absolute Gasteiger partial charge is 0.213 e. The molecule has 72 valence electrons. The van der Waals surface area contributed by atoms with Crippen molar-refractivity contribution in [1.29, 1.82) is 0 Å². The predicted octanol–water partition coefficient (Wildman–Crippen LogP) is 1.40. The van der Waals surface area contributed by atoms with Crippen LogP contribution in [0.3, 0.4) is 0 Å². The van der Waals surface area contributed by atoms with Crippen LogP contribution in [0.4, 0.5) is 4.39 Å². The molecule has 1 aromatic rings. The molecule has 1 atom stereocenters. The second-order valence-electron chi connectivity index (χ2n) is 2.75. The standard InChI is InChI=1S/C9H12FNO2/c1-6-3-7(8(12)5-10)4-9(11-6)13-2/h3-4,8,12H,5H2,1-2H3. The van der Waals surface area contributed by atoms with Crippen molar-refractivity contribution in [3.8, 4) is 5.88 Å². The highest BCUT2D eigenvalue weighted by atomic mass is 19.1. The zero-order valence-corrected chi connectivity index (χ0v) is 7.62. The molecular weight excluding hydrogens is 173 g/mol. The third-order valence-electron chi connectivity index (χ3n) is 1.69. The number of aliphatic hydroxyl groups is 1. The Bertz CT molecular complexity index is 291. The summed E-state index contributed by atoms with van der Waals surface area (Å²) >= 11 is 0. The van der Waals surface area contributed by atoms with Gasteiger partial charge in [0.15, 0.2) is 0 Å². The summed E-state index contributed by atoms with van der Waals surface area (Å²) in [6, 6.07) is 3.16. The van der Waals surface area contributed by atoms with E-state index < -0.39 is 12.8 Å². The van der Waals surface area contributed by atoms with Crippen molar-refractivity contribution in [1.82, 2.24) is 4.98 Å². The van der Waals surface area contributed by atoms with Crippen LogP contribution in [0.5, 0.6) is 5.88 Å². The van der Waals surface area contributed by atoms with Gasteiger partial charge < -0.3 is 9.84 Å². The minimum absolute atomic E-state index is 0.391. The molecule has 0 saturated carbocycles. The highest BCUT2D eigenvalue weighted by molar-refractivity contribution is 5.26. The number of alkyl halides is 1. The lowest BCUT2D eigenvalue weighted by Crippen LogP contribution is -2.01. The number of aromatic nitrogens is 1. The van der Waals surface area contributed by atoms with E-state index in [1.807, 2.05) is 0 Å². The van der Waals surface area contributed by atoms with Gasteiger partial charge in [0.2, 0.25) is 5.88 Å². The highest BCUT2D eigenvalue weighted by Gasteiger charge is 2.09. The van der Waals surface area contributed by atoms with Crippen LogP contribution in [-0.4, -0.2) is 23.9 Å². The Labute approximate surface area is 76.2 Å². The van der Waals surface area contributed by atoms with Gasteiger partial charge in [-0.05, 0) is 18.6 Å². The van der Waals surface area contributed by atoms with Crippen molar-refractivity contribution >= 4 is 0 Å². The number of methoxy groups -OCH3 is 1. The second-order valence-corrected chi connectivity index (χ2v) is 2.75. The van der Waals surface area contributed by atoms with Gasteiger partial charge in [-0.3, -0.25) is 0 Å². The van der Waals surface area contributed by atoms with Crippen LogP contribution in [0.1, 0.15) is 17.4 Å². The van der Waals surface area contributed by atoms with Gasteiger partial charge in [0, 0.05) is 11.8 Å². The minimum Gasteiger partial charge on any atom is -0.481 e. The number of halogens is 1.